The maximum Gasteiger partial charge on any atom is 0.144 e. The molecule has 1 heterocycles. The molecule has 0 atom stereocenters. The fourth-order valence-corrected chi connectivity index (χ4v) is 2.04. The molecule has 1 N–H and O–H groups in total. The summed E-state index contributed by atoms with van der Waals surface area (Å²) < 4.78 is 5.50. The van der Waals surface area contributed by atoms with Crippen LogP contribution in [-0.2, 0) is 11.3 Å². The lowest BCUT2D eigenvalue weighted by atomic mass is 9.89. The van der Waals surface area contributed by atoms with Gasteiger partial charge in [-0.2, -0.15) is 5.26 Å². The van der Waals surface area contributed by atoms with Gasteiger partial charge in [-0.3, -0.25) is 0 Å². The normalized spacial score (nSPS) is 22.8. The number of hydrogen-bond donors (Lipinski definition) is 1. The Balaban J connectivity index is 1.78. The van der Waals surface area contributed by atoms with Crippen molar-refractivity contribution in [1.82, 2.24) is 10.3 Å². The summed E-state index contributed by atoms with van der Waals surface area (Å²) in [4.78, 5) is 4.04. The fourth-order valence-electron chi connectivity index (χ4n) is 2.04. The van der Waals surface area contributed by atoms with Crippen LogP contribution in [0, 0.1) is 11.3 Å². The quantitative estimate of drug-likeness (QED) is 0.836. The van der Waals surface area contributed by atoms with Crippen LogP contribution in [0.1, 0.15) is 31.0 Å². The molecule has 2 rings (SSSR count). The number of ether oxygens (including phenoxy) is 1. The number of hydrogen-bond acceptors (Lipinski definition) is 4. The van der Waals surface area contributed by atoms with E-state index in [2.05, 4.69) is 16.4 Å². The van der Waals surface area contributed by atoms with E-state index in [4.69, 9.17) is 10.00 Å². The Morgan fingerprint density at radius 3 is 3.12 bits per heavy atom. The molecule has 1 aromatic rings. The van der Waals surface area contributed by atoms with Gasteiger partial charge in [0.1, 0.15) is 11.8 Å². The number of aromatic nitrogens is 1. The molecule has 1 aliphatic carbocycles. The maximum atomic E-state index is 8.91. The lowest BCUT2D eigenvalue weighted by Gasteiger charge is -2.35. The van der Waals surface area contributed by atoms with E-state index in [1.54, 1.807) is 6.20 Å². The first-order valence-corrected chi connectivity index (χ1v) is 6.02. The summed E-state index contributed by atoms with van der Waals surface area (Å²) in [5.41, 5.74) is 1.48. The Bertz CT molecular complexity index is 407. The summed E-state index contributed by atoms with van der Waals surface area (Å²) in [6.45, 7) is 3.52. The zero-order valence-electron chi connectivity index (χ0n) is 10.0. The van der Waals surface area contributed by atoms with Crippen LogP contribution in [0.15, 0.2) is 18.3 Å². The topological polar surface area (TPSA) is 57.9 Å². The molecule has 4 nitrogen and oxygen atoms in total. The molecule has 90 valence electrons. The van der Waals surface area contributed by atoms with E-state index in [1.807, 2.05) is 19.1 Å². The van der Waals surface area contributed by atoms with E-state index >= 15 is 0 Å². The number of nitrogens with one attached hydrogen (secondary N) is 1. The van der Waals surface area contributed by atoms with Gasteiger partial charge in [-0.15, -0.1) is 0 Å². The third kappa shape index (κ3) is 3.02. The number of rotatable bonds is 5. The van der Waals surface area contributed by atoms with Crippen LogP contribution in [0.25, 0.3) is 0 Å². The Morgan fingerprint density at radius 2 is 2.41 bits per heavy atom. The summed E-state index contributed by atoms with van der Waals surface area (Å²) in [5, 5.41) is 12.3. The molecule has 0 bridgehead atoms. The Hall–Kier alpha value is -1.44. The first kappa shape index (κ1) is 12.0. The highest BCUT2D eigenvalue weighted by atomic mass is 16.5. The van der Waals surface area contributed by atoms with Crippen LogP contribution in [0.3, 0.4) is 0 Å². The lowest BCUT2D eigenvalue weighted by molar-refractivity contribution is -0.0102. The second kappa shape index (κ2) is 5.76. The maximum absolute atomic E-state index is 8.91. The molecule has 0 unspecified atom stereocenters. The van der Waals surface area contributed by atoms with Gasteiger partial charge >= 0.3 is 0 Å². The first-order chi connectivity index (χ1) is 8.33. The van der Waals surface area contributed by atoms with Gasteiger partial charge in [-0.1, -0.05) is 6.07 Å². The average molecular weight is 231 g/mol. The minimum atomic E-state index is 0.418. The minimum absolute atomic E-state index is 0.418. The van der Waals surface area contributed by atoms with Crippen LogP contribution >= 0.6 is 0 Å². The van der Waals surface area contributed by atoms with Crippen molar-refractivity contribution in [3.63, 3.8) is 0 Å². The largest absolute Gasteiger partial charge is 0.378 e. The van der Waals surface area contributed by atoms with E-state index in [9.17, 15) is 0 Å². The fraction of sp³-hybridized carbons (Fsp3) is 0.538. The predicted molar refractivity (Wildman–Crippen MR) is 64.2 cm³/mol. The summed E-state index contributed by atoms with van der Waals surface area (Å²) in [7, 11) is 0. The van der Waals surface area contributed by atoms with E-state index in [-0.39, 0.29) is 0 Å². The Morgan fingerprint density at radius 1 is 1.59 bits per heavy atom. The van der Waals surface area contributed by atoms with E-state index in [0.29, 0.717) is 24.4 Å². The van der Waals surface area contributed by atoms with E-state index < -0.39 is 0 Å². The molecule has 0 aliphatic heterocycles. The predicted octanol–water partition coefficient (Wildman–Crippen LogP) is 1.61. The Kier molecular flexibility index (Phi) is 4.08. The molecule has 1 saturated carbocycles. The van der Waals surface area contributed by atoms with Crippen LogP contribution in [-0.4, -0.2) is 23.7 Å². The molecular formula is C13H17N3O. The van der Waals surface area contributed by atoms with Gasteiger partial charge in [0.2, 0.25) is 0 Å². The van der Waals surface area contributed by atoms with Gasteiger partial charge in [0.05, 0.1) is 6.10 Å². The molecule has 17 heavy (non-hydrogen) atoms. The zero-order chi connectivity index (χ0) is 12.1. The number of nitrogens with zero attached hydrogens (tertiary/aromatic N) is 2. The first-order valence-electron chi connectivity index (χ1n) is 6.02. The second-order valence-electron chi connectivity index (χ2n) is 4.25. The van der Waals surface area contributed by atoms with Crippen molar-refractivity contribution >= 4 is 0 Å². The van der Waals surface area contributed by atoms with Crippen molar-refractivity contribution in [1.29, 1.82) is 5.26 Å². The van der Waals surface area contributed by atoms with Gasteiger partial charge in [0, 0.05) is 31.0 Å². The van der Waals surface area contributed by atoms with Gasteiger partial charge in [0.15, 0.2) is 0 Å². The number of pyridine rings is 1. The SMILES string of the molecule is CCOC1CC(NCc2cccnc2C#N)C1. The van der Waals surface area contributed by atoms with Crippen molar-refractivity contribution in [3.8, 4) is 6.07 Å². The highest BCUT2D eigenvalue weighted by molar-refractivity contribution is 5.30. The third-order valence-electron chi connectivity index (χ3n) is 3.08. The second-order valence-corrected chi connectivity index (χ2v) is 4.25. The molecule has 0 saturated heterocycles. The molecule has 0 spiro atoms. The molecule has 1 fully saturated rings. The van der Waals surface area contributed by atoms with Crippen molar-refractivity contribution in [3.05, 3.63) is 29.6 Å². The highest BCUT2D eigenvalue weighted by Crippen LogP contribution is 2.23. The number of nitriles is 1. The Labute approximate surface area is 102 Å². The van der Waals surface area contributed by atoms with Crippen LogP contribution in [0.4, 0.5) is 0 Å². The van der Waals surface area contributed by atoms with Crippen molar-refractivity contribution < 1.29 is 4.74 Å². The van der Waals surface area contributed by atoms with E-state index in [0.717, 1.165) is 25.0 Å². The minimum Gasteiger partial charge on any atom is -0.378 e. The van der Waals surface area contributed by atoms with Crippen molar-refractivity contribution in [2.75, 3.05) is 6.61 Å². The molecule has 4 heteroatoms. The highest BCUT2D eigenvalue weighted by Gasteiger charge is 2.28. The van der Waals surface area contributed by atoms with Gasteiger partial charge < -0.3 is 10.1 Å². The molecule has 0 radical (unpaired) electrons. The summed E-state index contributed by atoms with van der Waals surface area (Å²) >= 11 is 0. The summed E-state index contributed by atoms with van der Waals surface area (Å²) in [6, 6.07) is 6.43. The van der Waals surface area contributed by atoms with Crippen LogP contribution in [0.5, 0.6) is 0 Å². The lowest BCUT2D eigenvalue weighted by Crippen LogP contribution is -2.45. The third-order valence-corrected chi connectivity index (χ3v) is 3.08. The smallest absolute Gasteiger partial charge is 0.144 e. The molecule has 0 aromatic carbocycles. The van der Waals surface area contributed by atoms with Crippen molar-refractivity contribution in [2.45, 2.75) is 38.5 Å². The molecule has 1 aliphatic rings. The monoisotopic (exact) mass is 231 g/mol. The molecule has 0 amide bonds. The van der Waals surface area contributed by atoms with Gasteiger partial charge in [0.25, 0.3) is 0 Å². The molecule has 1 aromatic heterocycles. The summed E-state index contributed by atoms with van der Waals surface area (Å²) in [5.74, 6) is 0. The zero-order valence-corrected chi connectivity index (χ0v) is 10.0. The van der Waals surface area contributed by atoms with Gasteiger partial charge in [-0.25, -0.2) is 4.98 Å². The van der Waals surface area contributed by atoms with Crippen molar-refractivity contribution in [2.24, 2.45) is 0 Å². The average Bonchev–Trinajstić information content (AvgIpc) is 2.32. The molecular weight excluding hydrogens is 214 g/mol. The van der Waals surface area contributed by atoms with E-state index in [1.165, 1.54) is 0 Å². The summed E-state index contributed by atoms with van der Waals surface area (Å²) in [6.07, 6.45) is 4.20. The van der Waals surface area contributed by atoms with Crippen LogP contribution < -0.4 is 5.32 Å². The van der Waals surface area contributed by atoms with Gasteiger partial charge in [-0.05, 0) is 25.8 Å². The van der Waals surface area contributed by atoms with Crippen LogP contribution in [0.2, 0.25) is 0 Å². The standard InChI is InChI=1S/C13H17N3O/c1-2-17-12-6-11(7-12)16-9-10-4-3-5-15-13(10)8-14/h3-5,11-12,16H,2,6-7,9H2,1H3.